The normalized spacial score (nSPS) is 15.7. The van der Waals surface area contributed by atoms with Gasteiger partial charge in [0.15, 0.2) is 11.2 Å². The van der Waals surface area contributed by atoms with Gasteiger partial charge in [-0.2, -0.15) is 4.98 Å². The maximum Gasteiger partial charge on any atom is 0.333 e. The SMILES string of the molecule is CCOC(=O)Cn1c(=O)n(Cc2nc3ccccc3c3ncccc23)c(=O)c2c1nc(N1CCCC(N)C1)n2CC. The summed E-state index contributed by atoms with van der Waals surface area (Å²) in [5.41, 5.74) is 7.45. The molecule has 0 aliphatic carbocycles. The number of hydrogen-bond donors (Lipinski definition) is 1. The lowest BCUT2D eigenvalue weighted by Gasteiger charge is -2.31. The molecule has 212 valence electrons. The summed E-state index contributed by atoms with van der Waals surface area (Å²) in [6.07, 6.45) is 3.50. The first-order valence-corrected chi connectivity index (χ1v) is 13.9. The lowest BCUT2D eigenvalue weighted by Crippen LogP contribution is -2.44. The van der Waals surface area contributed by atoms with E-state index in [0.717, 1.165) is 40.2 Å². The van der Waals surface area contributed by atoms with Crippen LogP contribution in [0.25, 0.3) is 33.0 Å². The fourth-order valence-corrected chi connectivity index (χ4v) is 5.73. The first kappa shape index (κ1) is 26.6. The smallest absolute Gasteiger partial charge is 0.333 e. The van der Waals surface area contributed by atoms with Crippen LogP contribution in [-0.4, -0.2) is 60.4 Å². The van der Waals surface area contributed by atoms with Gasteiger partial charge in [-0.05, 0) is 44.9 Å². The number of fused-ring (bicyclic) bond motifs is 4. The summed E-state index contributed by atoms with van der Waals surface area (Å²) in [6.45, 7) is 5.04. The van der Waals surface area contributed by atoms with Gasteiger partial charge in [0.05, 0.1) is 29.9 Å². The van der Waals surface area contributed by atoms with Crippen molar-refractivity contribution in [1.82, 2.24) is 28.7 Å². The first-order chi connectivity index (χ1) is 19.9. The zero-order valence-corrected chi connectivity index (χ0v) is 23.1. The Bertz CT molecular complexity index is 1910. The van der Waals surface area contributed by atoms with Gasteiger partial charge in [-0.15, -0.1) is 0 Å². The molecule has 4 aromatic heterocycles. The van der Waals surface area contributed by atoms with Crippen LogP contribution in [0.5, 0.6) is 0 Å². The van der Waals surface area contributed by atoms with Crippen molar-refractivity contribution >= 4 is 44.9 Å². The minimum absolute atomic E-state index is 0.0203. The van der Waals surface area contributed by atoms with Crippen molar-refractivity contribution in [1.29, 1.82) is 0 Å². The number of aromatic nitrogens is 6. The van der Waals surface area contributed by atoms with Crippen molar-refractivity contribution in [3.8, 4) is 0 Å². The van der Waals surface area contributed by atoms with Crippen LogP contribution in [0, 0.1) is 0 Å². The molecule has 0 saturated carbocycles. The first-order valence-electron chi connectivity index (χ1n) is 13.9. The summed E-state index contributed by atoms with van der Waals surface area (Å²) < 4.78 is 9.34. The second-order valence-electron chi connectivity index (χ2n) is 10.2. The fourth-order valence-electron chi connectivity index (χ4n) is 5.73. The van der Waals surface area contributed by atoms with Crippen LogP contribution < -0.4 is 21.9 Å². The van der Waals surface area contributed by atoms with Crippen LogP contribution in [-0.2, 0) is 29.2 Å². The maximum absolute atomic E-state index is 14.1. The number of nitrogens with two attached hydrogens (primary N) is 1. The van der Waals surface area contributed by atoms with Crippen LogP contribution in [0.15, 0.2) is 52.2 Å². The Kier molecular flexibility index (Phi) is 7.00. The number of benzene rings is 1. The number of carbonyl (C=O) groups is 1. The van der Waals surface area contributed by atoms with Gasteiger partial charge >= 0.3 is 11.7 Å². The zero-order chi connectivity index (χ0) is 28.7. The molecule has 2 N–H and O–H groups in total. The summed E-state index contributed by atoms with van der Waals surface area (Å²) >= 11 is 0. The van der Waals surface area contributed by atoms with Crippen LogP contribution in [0.3, 0.4) is 0 Å². The molecule has 12 heteroatoms. The third kappa shape index (κ3) is 4.63. The molecule has 1 aliphatic heterocycles. The van der Waals surface area contributed by atoms with Gasteiger partial charge in [0.2, 0.25) is 5.95 Å². The number of aryl methyl sites for hydroxylation is 1. The number of anilines is 1. The zero-order valence-electron chi connectivity index (χ0n) is 23.1. The quantitative estimate of drug-likeness (QED) is 0.235. The molecule has 12 nitrogen and oxygen atoms in total. The molecule has 1 aromatic carbocycles. The van der Waals surface area contributed by atoms with Gasteiger partial charge in [-0.3, -0.25) is 28.7 Å². The van der Waals surface area contributed by atoms with E-state index in [0.29, 0.717) is 30.2 Å². The third-order valence-corrected chi connectivity index (χ3v) is 7.58. The lowest BCUT2D eigenvalue weighted by atomic mass is 10.1. The monoisotopic (exact) mass is 556 g/mol. The van der Waals surface area contributed by atoms with Crippen LogP contribution in [0.1, 0.15) is 32.4 Å². The molecule has 5 aromatic rings. The Morgan fingerprint density at radius 3 is 2.63 bits per heavy atom. The highest BCUT2D eigenvalue weighted by atomic mass is 16.5. The Labute approximate surface area is 235 Å². The summed E-state index contributed by atoms with van der Waals surface area (Å²) in [4.78, 5) is 57.0. The number of nitrogens with zero attached hydrogens (tertiary/aromatic N) is 7. The van der Waals surface area contributed by atoms with Gasteiger partial charge in [-0.1, -0.05) is 18.2 Å². The fraction of sp³-hybridized carbons (Fsp3) is 0.379. The summed E-state index contributed by atoms with van der Waals surface area (Å²) in [5.74, 6) is -0.0323. The Morgan fingerprint density at radius 1 is 1.05 bits per heavy atom. The van der Waals surface area contributed by atoms with E-state index in [1.54, 1.807) is 23.8 Å². The molecule has 5 heterocycles. The number of carbonyl (C=O) groups excluding carboxylic acids is 1. The lowest BCUT2D eigenvalue weighted by molar-refractivity contribution is -0.143. The number of ether oxygens (including phenoxy) is 1. The average molecular weight is 557 g/mol. The summed E-state index contributed by atoms with van der Waals surface area (Å²) in [6, 6.07) is 11.3. The minimum Gasteiger partial charge on any atom is -0.465 e. The Morgan fingerprint density at radius 2 is 1.85 bits per heavy atom. The van der Waals surface area contributed by atoms with Gasteiger partial charge in [0.25, 0.3) is 5.56 Å². The van der Waals surface area contributed by atoms with Gasteiger partial charge in [0, 0.05) is 42.6 Å². The molecule has 1 atom stereocenters. The van der Waals surface area contributed by atoms with Crippen LogP contribution in [0.2, 0.25) is 0 Å². The van der Waals surface area contributed by atoms with Gasteiger partial charge < -0.3 is 19.9 Å². The van der Waals surface area contributed by atoms with E-state index < -0.39 is 17.2 Å². The molecule has 1 saturated heterocycles. The Balaban J connectivity index is 1.59. The number of para-hydroxylation sites is 1. The molecule has 0 radical (unpaired) electrons. The molecule has 6 rings (SSSR count). The van der Waals surface area contributed by atoms with E-state index in [2.05, 4.69) is 4.98 Å². The number of imidazole rings is 1. The summed E-state index contributed by atoms with van der Waals surface area (Å²) in [7, 11) is 0. The number of pyridine rings is 2. The van der Waals surface area contributed by atoms with Crippen molar-refractivity contribution in [3.63, 3.8) is 0 Å². The van der Waals surface area contributed by atoms with Gasteiger partial charge in [-0.25, -0.2) is 4.79 Å². The molecule has 1 fully saturated rings. The topological polar surface area (TPSA) is 143 Å². The predicted octanol–water partition coefficient (Wildman–Crippen LogP) is 2.01. The second kappa shape index (κ2) is 10.8. The van der Waals surface area contributed by atoms with Crippen molar-refractivity contribution in [2.24, 2.45) is 5.73 Å². The molecular formula is C29H32N8O4. The molecule has 1 aliphatic rings. The number of hydrogen-bond acceptors (Lipinski definition) is 9. The van der Waals surface area contributed by atoms with Crippen molar-refractivity contribution in [2.75, 3.05) is 24.6 Å². The average Bonchev–Trinajstić information content (AvgIpc) is 3.37. The van der Waals surface area contributed by atoms with E-state index in [4.69, 9.17) is 20.4 Å². The van der Waals surface area contributed by atoms with Crippen molar-refractivity contribution in [2.45, 2.75) is 52.4 Å². The van der Waals surface area contributed by atoms with E-state index in [9.17, 15) is 14.4 Å². The maximum atomic E-state index is 14.1. The summed E-state index contributed by atoms with van der Waals surface area (Å²) in [5, 5.41) is 1.62. The van der Waals surface area contributed by atoms with Crippen molar-refractivity contribution in [3.05, 3.63) is 69.1 Å². The molecular weight excluding hydrogens is 524 g/mol. The van der Waals surface area contributed by atoms with Gasteiger partial charge in [0.1, 0.15) is 6.54 Å². The van der Waals surface area contributed by atoms with E-state index in [1.807, 2.05) is 42.2 Å². The van der Waals surface area contributed by atoms with Crippen LogP contribution in [0.4, 0.5) is 5.95 Å². The van der Waals surface area contributed by atoms with E-state index in [1.165, 1.54) is 4.57 Å². The number of esters is 1. The predicted molar refractivity (Wildman–Crippen MR) is 156 cm³/mol. The Hall–Kier alpha value is -4.58. The highest BCUT2D eigenvalue weighted by Crippen LogP contribution is 2.26. The minimum atomic E-state index is -0.662. The molecule has 0 bridgehead atoms. The van der Waals surface area contributed by atoms with Crippen molar-refractivity contribution < 1.29 is 9.53 Å². The van der Waals surface area contributed by atoms with E-state index in [-0.39, 0.29) is 36.9 Å². The molecule has 0 spiro atoms. The molecule has 41 heavy (non-hydrogen) atoms. The third-order valence-electron chi connectivity index (χ3n) is 7.58. The van der Waals surface area contributed by atoms with Crippen LogP contribution >= 0.6 is 0 Å². The second-order valence-corrected chi connectivity index (χ2v) is 10.2. The van der Waals surface area contributed by atoms with E-state index >= 15 is 0 Å². The molecule has 0 amide bonds. The number of rotatable bonds is 7. The highest BCUT2D eigenvalue weighted by molar-refractivity contribution is 6.04. The number of piperidine rings is 1. The highest BCUT2D eigenvalue weighted by Gasteiger charge is 2.27. The largest absolute Gasteiger partial charge is 0.465 e. The molecule has 1 unspecified atom stereocenters. The standard InChI is InChI=1S/C29H32N8O4/c1-3-35-25-26(33-28(35)34-14-8-9-18(30)15-34)36(17-23(38)41-4-2)29(40)37(27(25)39)16-22-20-11-7-13-31-24(20)19-10-5-6-12-21(19)32-22/h5-7,10-13,18H,3-4,8-9,14-17,30H2,1-2H3.